The quantitative estimate of drug-likeness (QED) is 0.849. The van der Waals surface area contributed by atoms with Crippen LogP contribution in [0.1, 0.15) is 6.42 Å². The minimum absolute atomic E-state index is 0.0295. The summed E-state index contributed by atoms with van der Waals surface area (Å²) in [5.74, 6) is -0.490. The molecule has 3 heterocycles. The molecule has 0 saturated carbocycles. The number of imidazole rings is 1. The zero-order valence-corrected chi connectivity index (χ0v) is 12.7. The van der Waals surface area contributed by atoms with Gasteiger partial charge in [-0.15, -0.1) is 0 Å². The number of thioether (sulfide) groups is 1. The minimum atomic E-state index is -0.867. The predicted octanol–water partition coefficient (Wildman–Crippen LogP) is 2.30. The molecule has 0 aliphatic carbocycles. The summed E-state index contributed by atoms with van der Waals surface area (Å²) < 4.78 is 7.37. The van der Waals surface area contributed by atoms with Gasteiger partial charge in [0.05, 0.1) is 17.4 Å². The molecule has 0 spiro atoms. The van der Waals surface area contributed by atoms with Gasteiger partial charge in [-0.25, -0.2) is 9.97 Å². The van der Waals surface area contributed by atoms with Crippen LogP contribution in [0.5, 0.6) is 0 Å². The largest absolute Gasteiger partial charge is 0.481 e. The van der Waals surface area contributed by atoms with Crippen LogP contribution in [0.25, 0.3) is 11.2 Å². The van der Waals surface area contributed by atoms with Crippen LogP contribution in [0.3, 0.4) is 0 Å². The van der Waals surface area contributed by atoms with Gasteiger partial charge in [-0.05, 0) is 12.5 Å². The highest BCUT2D eigenvalue weighted by atomic mass is 35.5. The number of carboxylic acids is 1. The second-order valence-electron chi connectivity index (χ2n) is 4.91. The number of ether oxygens (including phenoxy) is 1. The van der Waals surface area contributed by atoms with E-state index in [1.807, 2.05) is 4.57 Å². The number of hydrogen-bond donors (Lipinski definition) is 1. The number of aromatic nitrogens is 3. The van der Waals surface area contributed by atoms with E-state index in [-0.39, 0.29) is 5.75 Å². The number of carboxylic acid groups (broad SMARTS) is 1. The summed E-state index contributed by atoms with van der Waals surface area (Å²) in [6, 6.07) is 1.75. The van der Waals surface area contributed by atoms with Gasteiger partial charge in [0.25, 0.3) is 0 Å². The van der Waals surface area contributed by atoms with Crippen molar-refractivity contribution < 1.29 is 14.6 Å². The SMILES string of the molecule is O=C(O)CSc1nc2cc(Cl)cnc2n1CC1CCOC1. The lowest BCUT2D eigenvalue weighted by Crippen LogP contribution is -2.12. The van der Waals surface area contributed by atoms with Crippen molar-refractivity contribution in [3.63, 3.8) is 0 Å². The van der Waals surface area contributed by atoms with Crippen LogP contribution >= 0.6 is 23.4 Å². The van der Waals surface area contributed by atoms with Crippen molar-refractivity contribution in [2.45, 2.75) is 18.1 Å². The van der Waals surface area contributed by atoms with E-state index in [2.05, 4.69) is 9.97 Å². The molecule has 1 saturated heterocycles. The van der Waals surface area contributed by atoms with E-state index in [0.29, 0.717) is 21.6 Å². The third-order valence-corrected chi connectivity index (χ3v) is 4.47. The summed E-state index contributed by atoms with van der Waals surface area (Å²) in [4.78, 5) is 19.6. The van der Waals surface area contributed by atoms with Crippen molar-refractivity contribution in [2.75, 3.05) is 19.0 Å². The van der Waals surface area contributed by atoms with Gasteiger partial charge >= 0.3 is 5.97 Å². The molecule has 0 radical (unpaired) electrons. The number of halogens is 1. The van der Waals surface area contributed by atoms with Crippen LogP contribution in [-0.2, 0) is 16.1 Å². The van der Waals surface area contributed by atoms with Crippen LogP contribution in [0.15, 0.2) is 17.4 Å². The Labute approximate surface area is 130 Å². The molecular weight excluding hydrogens is 314 g/mol. The summed E-state index contributed by atoms with van der Waals surface area (Å²) in [7, 11) is 0. The maximum absolute atomic E-state index is 10.8. The molecule has 8 heteroatoms. The number of aliphatic carboxylic acids is 1. The molecule has 1 aliphatic rings. The van der Waals surface area contributed by atoms with Crippen LogP contribution < -0.4 is 0 Å². The smallest absolute Gasteiger partial charge is 0.313 e. The molecule has 1 N–H and O–H groups in total. The Kier molecular flexibility index (Phi) is 4.32. The standard InChI is InChI=1S/C13H14ClN3O3S/c14-9-3-10-12(15-4-9)17(5-8-1-2-20-6-8)13(16-10)21-7-11(18)19/h3-4,8H,1-2,5-7H2,(H,18,19). The fourth-order valence-electron chi connectivity index (χ4n) is 2.35. The molecule has 1 aliphatic heterocycles. The second kappa shape index (κ2) is 6.21. The molecule has 112 valence electrons. The number of rotatable bonds is 5. The lowest BCUT2D eigenvalue weighted by atomic mass is 10.1. The van der Waals surface area contributed by atoms with Crippen molar-refractivity contribution in [3.05, 3.63) is 17.3 Å². The van der Waals surface area contributed by atoms with E-state index in [1.165, 1.54) is 11.8 Å². The Balaban J connectivity index is 1.95. The Morgan fingerprint density at radius 2 is 2.48 bits per heavy atom. The highest BCUT2D eigenvalue weighted by Crippen LogP contribution is 2.27. The molecule has 0 bridgehead atoms. The maximum Gasteiger partial charge on any atom is 0.313 e. The van der Waals surface area contributed by atoms with Gasteiger partial charge in [0.2, 0.25) is 0 Å². The number of pyridine rings is 1. The number of nitrogens with zero attached hydrogens (tertiary/aromatic N) is 3. The van der Waals surface area contributed by atoms with Crippen molar-refractivity contribution in [2.24, 2.45) is 5.92 Å². The van der Waals surface area contributed by atoms with Gasteiger partial charge in [0.1, 0.15) is 5.52 Å². The Hall–Kier alpha value is -1.31. The predicted molar refractivity (Wildman–Crippen MR) is 79.8 cm³/mol. The first-order valence-corrected chi connectivity index (χ1v) is 7.94. The van der Waals surface area contributed by atoms with Gasteiger partial charge < -0.3 is 14.4 Å². The fraction of sp³-hybridized carbons (Fsp3) is 0.462. The molecular formula is C13H14ClN3O3S. The molecule has 3 rings (SSSR count). The molecule has 2 aromatic heterocycles. The van der Waals surface area contributed by atoms with E-state index in [9.17, 15) is 4.79 Å². The topological polar surface area (TPSA) is 77.2 Å². The number of carbonyl (C=O) groups is 1. The Morgan fingerprint density at radius 3 is 3.19 bits per heavy atom. The summed E-state index contributed by atoms with van der Waals surface area (Å²) in [5.41, 5.74) is 1.42. The summed E-state index contributed by atoms with van der Waals surface area (Å²) in [6.07, 6.45) is 2.58. The number of hydrogen-bond acceptors (Lipinski definition) is 5. The first-order valence-electron chi connectivity index (χ1n) is 6.57. The first kappa shape index (κ1) is 14.6. The van der Waals surface area contributed by atoms with Crippen molar-refractivity contribution in [3.8, 4) is 0 Å². The molecule has 1 fully saturated rings. The maximum atomic E-state index is 10.8. The van der Waals surface area contributed by atoms with Gasteiger partial charge in [-0.1, -0.05) is 23.4 Å². The average Bonchev–Trinajstić information content (AvgIpc) is 3.05. The fourth-order valence-corrected chi connectivity index (χ4v) is 3.24. The molecule has 0 amide bonds. The van der Waals surface area contributed by atoms with E-state index in [0.717, 1.165) is 31.8 Å². The third-order valence-electron chi connectivity index (χ3n) is 3.31. The van der Waals surface area contributed by atoms with E-state index in [4.69, 9.17) is 21.4 Å². The van der Waals surface area contributed by atoms with Crippen molar-refractivity contribution >= 4 is 40.5 Å². The molecule has 0 aromatic carbocycles. The molecule has 6 nitrogen and oxygen atoms in total. The minimum Gasteiger partial charge on any atom is -0.481 e. The van der Waals surface area contributed by atoms with Crippen LogP contribution in [0.2, 0.25) is 5.02 Å². The van der Waals surface area contributed by atoms with E-state index in [1.54, 1.807) is 12.3 Å². The van der Waals surface area contributed by atoms with Gasteiger partial charge in [0, 0.05) is 25.3 Å². The first-order chi connectivity index (χ1) is 10.1. The van der Waals surface area contributed by atoms with Crippen LogP contribution in [0.4, 0.5) is 0 Å². The summed E-state index contributed by atoms with van der Waals surface area (Å²) in [6.45, 7) is 2.22. The summed E-state index contributed by atoms with van der Waals surface area (Å²) in [5, 5.41) is 10.0. The van der Waals surface area contributed by atoms with Gasteiger partial charge in [-0.2, -0.15) is 0 Å². The highest BCUT2D eigenvalue weighted by Gasteiger charge is 2.21. The summed E-state index contributed by atoms with van der Waals surface area (Å²) >= 11 is 7.14. The van der Waals surface area contributed by atoms with Crippen molar-refractivity contribution in [1.82, 2.24) is 14.5 Å². The molecule has 21 heavy (non-hydrogen) atoms. The average molecular weight is 328 g/mol. The lowest BCUT2D eigenvalue weighted by Gasteiger charge is -2.11. The van der Waals surface area contributed by atoms with E-state index >= 15 is 0 Å². The third kappa shape index (κ3) is 3.30. The normalized spacial score (nSPS) is 18.4. The van der Waals surface area contributed by atoms with Gasteiger partial charge in [-0.3, -0.25) is 4.79 Å². The number of fused-ring (bicyclic) bond motifs is 1. The highest BCUT2D eigenvalue weighted by molar-refractivity contribution is 7.99. The zero-order valence-electron chi connectivity index (χ0n) is 11.2. The Morgan fingerprint density at radius 1 is 1.62 bits per heavy atom. The zero-order chi connectivity index (χ0) is 14.8. The molecule has 1 atom stereocenters. The monoisotopic (exact) mass is 327 g/mol. The van der Waals surface area contributed by atoms with Crippen LogP contribution in [0, 0.1) is 5.92 Å². The second-order valence-corrected chi connectivity index (χ2v) is 6.29. The lowest BCUT2D eigenvalue weighted by molar-refractivity contribution is -0.133. The van der Waals surface area contributed by atoms with Crippen LogP contribution in [-0.4, -0.2) is 44.6 Å². The Bertz CT molecular complexity index is 670. The molecule has 1 unspecified atom stereocenters. The van der Waals surface area contributed by atoms with Gasteiger partial charge in [0.15, 0.2) is 10.8 Å². The van der Waals surface area contributed by atoms with Crippen molar-refractivity contribution in [1.29, 1.82) is 0 Å². The molecule has 2 aromatic rings. The van der Waals surface area contributed by atoms with E-state index < -0.39 is 5.97 Å².